The lowest BCUT2D eigenvalue weighted by molar-refractivity contribution is -0.117. The molecule has 0 bridgehead atoms. The lowest BCUT2D eigenvalue weighted by Gasteiger charge is -2.17. The first-order chi connectivity index (χ1) is 21.7. The first-order valence-electron chi connectivity index (χ1n) is 14.1. The normalized spacial score (nSPS) is 12.2. The Labute approximate surface area is 262 Å². The number of anilines is 1. The van der Waals surface area contributed by atoms with E-state index in [4.69, 9.17) is 0 Å². The number of imidazole rings is 1. The highest BCUT2D eigenvalue weighted by molar-refractivity contribution is 7.88. The number of rotatable bonds is 8. The van der Waals surface area contributed by atoms with Gasteiger partial charge >= 0.3 is 0 Å². The van der Waals surface area contributed by atoms with Crippen LogP contribution in [-0.2, 0) is 21.4 Å². The van der Waals surface area contributed by atoms with E-state index in [1.54, 1.807) is 18.2 Å². The van der Waals surface area contributed by atoms with Crippen molar-refractivity contribution in [3.05, 3.63) is 72.3 Å². The number of hydrogen-bond donors (Lipinski definition) is 4. The molecule has 4 N–H and O–H groups in total. The van der Waals surface area contributed by atoms with E-state index in [9.17, 15) is 17.6 Å². The van der Waals surface area contributed by atoms with Gasteiger partial charge in [-0.15, -0.1) is 0 Å². The maximum absolute atomic E-state index is 16.2. The molecular weight excluding hydrogens is 616 g/mol. The average molecular weight is 646 g/mol. The lowest BCUT2D eigenvalue weighted by atomic mass is 9.92. The number of amides is 1. The predicted octanol–water partition coefficient (Wildman–Crippen LogP) is 5.33. The quantitative estimate of drug-likeness (QED) is 0.172. The van der Waals surface area contributed by atoms with Crippen LogP contribution in [-0.4, -0.2) is 55.7 Å². The molecule has 0 unspecified atom stereocenters. The van der Waals surface area contributed by atoms with Crippen molar-refractivity contribution in [3.63, 3.8) is 0 Å². The number of benzene rings is 1. The molecule has 15 heteroatoms. The Balaban J connectivity index is 1.38. The fourth-order valence-electron chi connectivity index (χ4n) is 5.06. The van der Waals surface area contributed by atoms with Gasteiger partial charge in [-0.3, -0.25) is 19.9 Å². The molecule has 6 rings (SSSR count). The molecule has 6 aromatic rings. The molecule has 0 aliphatic carbocycles. The number of nitrogens with zero attached hydrogens (tertiary/aromatic N) is 5. The minimum atomic E-state index is -3.49. The van der Waals surface area contributed by atoms with Crippen LogP contribution in [0.3, 0.4) is 0 Å². The number of fused-ring (bicyclic) bond motifs is 2. The zero-order valence-electron chi connectivity index (χ0n) is 25.2. The van der Waals surface area contributed by atoms with Gasteiger partial charge in [-0.2, -0.15) is 5.10 Å². The van der Waals surface area contributed by atoms with Gasteiger partial charge in [0, 0.05) is 36.5 Å². The third-order valence-corrected chi connectivity index (χ3v) is 7.62. The van der Waals surface area contributed by atoms with Gasteiger partial charge in [0.15, 0.2) is 17.3 Å². The number of sulfonamides is 1. The average Bonchev–Trinajstić information content (AvgIpc) is 3.59. The number of aromatic nitrogens is 7. The Bertz CT molecular complexity index is 2240. The zero-order valence-corrected chi connectivity index (χ0v) is 26.1. The van der Waals surface area contributed by atoms with Crippen molar-refractivity contribution >= 4 is 43.7 Å². The molecule has 0 fully saturated rings. The summed E-state index contributed by atoms with van der Waals surface area (Å²) >= 11 is 0. The van der Waals surface area contributed by atoms with Crippen LogP contribution < -0.4 is 10.0 Å². The van der Waals surface area contributed by atoms with Crippen LogP contribution >= 0.6 is 0 Å². The Morgan fingerprint density at radius 3 is 2.57 bits per heavy atom. The van der Waals surface area contributed by atoms with Crippen LogP contribution in [0.25, 0.3) is 56.0 Å². The molecule has 0 atom stereocenters. The number of H-pyrrole nitrogens is 2. The molecule has 46 heavy (non-hydrogen) atoms. The Hall–Kier alpha value is -5.15. The maximum Gasteiger partial charge on any atom is 0.224 e. The second kappa shape index (κ2) is 11.7. The number of pyridine rings is 3. The summed E-state index contributed by atoms with van der Waals surface area (Å²) in [4.78, 5) is 32.9. The van der Waals surface area contributed by atoms with Crippen molar-refractivity contribution in [2.24, 2.45) is 5.41 Å². The van der Waals surface area contributed by atoms with Gasteiger partial charge in [-0.25, -0.2) is 31.9 Å². The van der Waals surface area contributed by atoms with Gasteiger partial charge < -0.3 is 10.3 Å². The zero-order chi connectivity index (χ0) is 32.8. The van der Waals surface area contributed by atoms with E-state index in [0.717, 1.165) is 6.26 Å². The van der Waals surface area contributed by atoms with Crippen LogP contribution in [0.4, 0.5) is 14.5 Å². The SMILES string of the molecule is CC(C)(C)CC(=O)Nc1cncc(-c2ncc3[nH]nc(-c4nc5nccc(-c6cc(F)cc(CNS(C)(=O)=O)c6)c5[nH]4)c3c2F)c1. The number of aromatic amines is 2. The Kier molecular flexibility index (Phi) is 7.82. The van der Waals surface area contributed by atoms with E-state index >= 15 is 4.39 Å². The van der Waals surface area contributed by atoms with Crippen molar-refractivity contribution in [2.75, 3.05) is 11.6 Å². The predicted molar refractivity (Wildman–Crippen MR) is 170 cm³/mol. The molecule has 0 spiro atoms. The standard InChI is InChI=1S/C31H29F2N9O3S/c1-31(2,3)11-23(43)38-20-10-18(13-34-14-20)26-25(33)24-22(15-36-26)41-42-28(24)30-39-27-21(5-6-35-29(27)40-30)17-7-16(8-19(32)9-17)12-37-46(4,44)45/h5-10,13-15,37H,11-12H2,1-4H3,(H,38,43)(H,41,42)(H,35,39,40). The maximum atomic E-state index is 16.2. The van der Waals surface area contributed by atoms with E-state index in [0.29, 0.717) is 45.4 Å². The minimum Gasteiger partial charge on any atom is -0.335 e. The third kappa shape index (κ3) is 6.60. The molecular formula is C31H29F2N9O3S. The van der Waals surface area contributed by atoms with Gasteiger partial charge in [0.2, 0.25) is 15.9 Å². The van der Waals surface area contributed by atoms with Crippen LogP contribution in [0.15, 0.2) is 55.1 Å². The molecule has 0 saturated heterocycles. The van der Waals surface area contributed by atoms with Gasteiger partial charge in [-0.1, -0.05) is 20.8 Å². The van der Waals surface area contributed by atoms with Gasteiger partial charge in [0.25, 0.3) is 0 Å². The van der Waals surface area contributed by atoms with Gasteiger partial charge in [0.1, 0.15) is 17.2 Å². The fraction of sp³-hybridized carbons (Fsp3) is 0.226. The Morgan fingerprint density at radius 1 is 1.00 bits per heavy atom. The second-order valence-electron chi connectivity index (χ2n) is 12.1. The van der Waals surface area contributed by atoms with Crippen molar-refractivity contribution in [1.82, 2.24) is 39.8 Å². The number of nitrogens with one attached hydrogen (secondary N) is 4. The molecule has 0 aliphatic heterocycles. The van der Waals surface area contributed by atoms with Gasteiger partial charge in [0.05, 0.1) is 40.8 Å². The molecule has 0 saturated carbocycles. The number of carbonyl (C=O) groups excluding carboxylic acids is 1. The second-order valence-corrected chi connectivity index (χ2v) is 13.9. The molecule has 236 valence electrons. The molecule has 5 aromatic heterocycles. The molecule has 0 radical (unpaired) electrons. The summed E-state index contributed by atoms with van der Waals surface area (Å²) in [5.41, 5.74) is 3.17. The van der Waals surface area contributed by atoms with E-state index in [-0.39, 0.29) is 46.1 Å². The summed E-state index contributed by atoms with van der Waals surface area (Å²) in [6.07, 6.45) is 7.20. The third-order valence-electron chi connectivity index (χ3n) is 6.95. The van der Waals surface area contributed by atoms with E-state index in [1.807, 2.05) is 20.8 Å². The van der Waals surface area contributed by atoms with Gasteiger partial charge in [-0.05, 0) is 46.9 Å². The smallest absolute Gasteiger partial charge is 0.224 e. The van der Waals surface area contributed by atoms with Crippen LogP contribution in [0.5, 0.6) is 0 Å². The largest absolute Gasteiger partial charge is 0.335 e. The van der Waals surface area contributed by atoms with Crippen molar-refractivity contribution in [3.8, 4) is 33.9 Å². The number of halogens is 2. The van der Waals surface area contributed by atoms with Crippen LogP contribution in [0.2, 0.25) is 0 Å². The summed E-state index contributed by atoms with van der Waals surface area (Å²) in [6.45, 7) is 5.77. The highest BCUT2D eigenvalue weighted by Crippen LogP contribution is 2.35. The van der Waals surface area contributed by atoms with Crippen molar-refractivity contribution < 1.29 is 22.0 Å². The summed E-state index contributed by atoms with van der Waals surface area (Å²) in [7, 11) is -3.49. The molecule has 1 aromatic carbocycles. The first kappa shape index (κ1) is 30.9. The molecule has 12 nitrogen and oxygen atoms in total. The highest BCUT2D eigenvalue weighted by Gasteiger charge is 2.22. The van der Waals surface area contributed by atoms with E-state index in [1.165, 1.54) is 36.9 Å². The van der Waals surface area contributed by atoms with E-state index in [2.05, 4.69) is 45.2 Å². The first-order valence-corrected chi connectivity index (χ1v) is 16.0. The van der Waals surface area contributed by atoms with Crippen molar-refractivity contribution in [2.45, 2.75) is 33.7 Å². The molecule has 1 amide bonds. The molecule has 5 heterocycles. The van der Waals surface area contributed by atoms with Crippen molar-refractivity contribution in [1.29, 1.82) is 0 Å². The topological polar surface area (TPSA) is 171 Å². The van der Waals surface area contributed by atoms with Crippen LogP contribution in [0, 0.1) is 17.0 Å². The minimum absolute atomic E-state index is 0.000473. The Morgan fingerprint density at radius 2 is 1.80 bits per heavy atom. The monoisotopic (exact) mass is 645 g/mol. The van der Waals surface area contributed by atoms with Crippen LogP contribution in [0.1, 0.15) is 32.8 Å². The summed E-state index contributed by atoms with van der Waals surface area (Å²) in [5.74, 6) is -1.22. The fourth-order valence-corrected chi connectivity index (χ4v) is 5.49. The number of carbonyl (C=O) groups is 1. The summed E-state index contributed by atoms with van der Waals surface area (Å²) in [6, 6.07) is 7.48. The highest BCUT2D eigenvalue weighted by atomic mass is 32.2. The summed E-state index contributed by atoms with van der Waals surface area (Å²) in [5, 5.41) is 10.0. The molecule has 0 aliphatic rings. The van der Waals surface area contributed by atoms with E-state index < -0.39 is 21.7 Å². The lowest BCUT2D eigenvalue weighted by Crippen LogP contribution is -2.21. The summed E-state index contributed by atoms with van der Waals surface area (Å²) < 4.78 is 56.3. The number of hydrogen-bond acceptors (Lipinski definition) is 8.